The number of benzene rings is 1. The molecule has 2 N–H and O–H groups in total. The molecule has 0 aliphatic carbocycles. The van der Waals surface area contributed by atoms with Gasteiger partial charge < -0.3 is 14.8 Å². The van der Waals surface area contributed by atoms with Crippen LogP contribution in [0.4, 0.5) is 0 Å². The van der Waals surface area contributed by atoms with Crippen molar-refractivity contribution in [3.05, 3.63) is 41.8 Å². The summed E-state index contributed by atoms with van der Waals surface area (Å²) in [5, 5.41) is 3.97. The van der Waals surface area contributed by atoms with Crippen LogP contribution in [-0.4, -0.2) is 34.4 Å². The van der Waals surface area contributed by atoms with Crippen molar-refractivity contribution < 1.29 is 12.9 Å². The maximum atomic E-state index is 11.8. The Labute approximate surface area is 152 Å². The number of nitrogens with zero attached hydrogens (tertiary/aromatic N) is 4. The zero-order valence-electron chi connectivity index (χ0n) is 15.1. The Morgan fingerprint density at radius 2 is 1.96 bits per heavy atom. The third kappa shape index (κ3) is 4.28. The number of nitrogens with two attached hydrogens (primary N) is 1. The van der Waals surface area contributed by atoms with Gasteiger partial charge in [0.05, 0.1) is 17.1 Å². The molecule has 3 rings (SSSR count). The molecule has 2 aromatic heterocycles. The topological polar surface area (TPSA) is 117 Å². The fourth-order valence-corrected chi connectivity index (χ4v) is 3.57. The van der Waals surface area contributed by atoms with Gasteiger partial charge in [-0.25, -0.2) is 13.4 Å². The standard InChI is InChI=1S/C17H23N5O3S/c1-11(2)8-12(18)17-20-16(25-21-17)9-22-14-7-5-4-6-13(14)19-15(22)10-26(3,23)24/h4-7,11-12H,8-10,18H2,1-3H3. The molecule has 3 aromatic rings. The average Bonchev–Trinajstić information content (AvgIpc) is 3.11. The Bertz CT molecular complexity index is 1010. The minimum absolute atomic E-state index is 0.157. The number of imidazole rings is 1. The predicted octanol–water partition coefficient (Wildman–Crippen LogP) is 2.06. The van der Waals surface area contributed by atoms with Gasteiger partial charge in [-0.1, -0.05) is 31.1 Å². The van der Waals surface area contributed by atoms with Crippen LogP contribution in [0.1, 0.15) is 43.8 Å². The van der Waals surface area contributed by atoms with E-state index in [1.165, 1.54) is 6.26 Å². The number of fused-ring (bicyclic) bond motifs is 1. The molecule has 0 saturated heterocycles. The van der Waals surface area contributed by atoms with E-state index >= 15 is 0 Å². The van der Waals surface area contributed by atoms with E-state index < -0.39 is 9.84 Å². The highest BCUT2D eigenvalue weighted by molar-refractivity contribution is 7.89. The zero-order chi connectivity index (χ0) is 18.9. The van der Waals surface area contributed by atoms with E-state index in [1.807, 2.05) is 24.3 Å². The highest BCUT2D eigenvalue weighted by atomic mass is 32.2. The molecule has 1 atom stereocenters. The van der Waals surface area contributed by atoms with E-state index in [0.29, 0.717) is 23.5 Å². The van der Waals surface area contributed by atoms with Crippen LogP contribution in [0.15, 0.2) is 28.8 Å². The number of hydrogen-bond donors (Lipinski definition) is 1. The highest BCUT2D eigenvalue weighted by Crippen LogP contribution is 2.20. The lowest BCUT2D eigenvalue weighted by atomic mass is 10.0. The average molecular weight is 377 g/mol. The first-order valence-corrected chi connectivity index (χ1v) is 10.5. The third-order valence-corrected chi connectivity index (χ3v) is 4.74. The molecule has 8 nitrogen and oxygen atoms in total. The van der Waals surface area contributed by atoms with Gasteiger partial charge in [-0.05, 0) is 24.5 Å². The molecule has 0 saturated carbocycles. The van der Waals surface area contributed by atoms with Gasteiger partial charge in [0.2, 0.25) is 5.89 Å². The maximum Gasteiger partial charge on any atom is 0.246 e. The highest BCUT2D eigenvalue weighted by Gasteiger charge is 2.19. The van der Waals surface area contributed by atoms with Gasteiger partial charge in [0.25, 0.3) is 0 Å². The molecule has 2 heterocycles. The van der Waals surface area contributed by atoms with Crippen molar-refractivity contribution in [2.75, 3.05) is 6.26 Å². The van der Waals surface area contributed by atoms with Crippen LogP contribution in [0.25, 0.3) is 11.0 Å². The van der Waals surface area contributed by atoms with Crippen LogP contribution < -0.4 is 5.73 Å². The summed E-state index contributed by atoms with van der Waals surface area (Å²) in [6.07, 6.45) is 1.94. The van der Waals surface area contributed by atoms with Crippen LogP contribution in [0.5, 0.6) is 0 Å². The zero-order valence-corrected chi connectivity index (χ0v) is 15.9. The van der Waals surface area contributed by atoms with Crippen LogP contribution in [0.3, 0.4) is 0 Å². The second kappa shape index (κ2) is 7.16. The molecule has 1 unspecified atom stereocenters. The summed E-state index contributed by atoms with van der Waals surface area (Å²) in [7, 11) is -3.23. The van der Waals surface area contributed by atoms with Crippen molar-refractivity contribution in [2.45, 2.75) is 38.6 Å². The van der Waals surface area contributed by atoms with Gasteiger partial charge >= 0.3 is 0 Å². The lowest BCUT2D eigenvalue weighted by molar-refractivity contribution is 0.359. The summed E-state index contributed by atoms with van der Waals surface area (Å²) in [5.41, 5.74) is 7.64. The Hall–Kier alpha value is -2.26. The minimum atomic E-state index is -3.23. The van der Waals surface area contributed by atoms with Gasteiger partial charge in [-0.3, -0.25) is 0 Å². The summed E-state index contributed by atoms with van der Waals surface area (Å²) >= 11 is 0. The molecule has 26 heavy (non-hydrogen) atoms. The van der Waals surface area contributed by atoms with Gasteiger partial charge in [-0.2, -0.15) is 4.98 Å². The van der Waals surface area contributed by atoms with Crippen LogP contribution >= 0.6 is 0 Å². The van der Waals surface area contributed by atoms with Crippen LogP contribution in [0.2, 0.25) is 0 Å². The van der Waals surface area contributed by atoms with E-state index in [1.54, 1.807) is 4.57 Å². The third-order valence-electron chi connectivity index (χ3n) is 3.96. The molecule has 0 fully saturated rings. The fourth-order valence-electron chi connectivity index (χ4n) is 2.88. The molecule has 140 valence electrons. The van der Waals surface area contributed by atoms with Crippen molar-refractivity contribution in [2.24, 2.45) is 11.7 Å². The minimum Gasteiger partial charge on any atom is -0.337 e. The molecule has 0 aliphatic heterocycles. The van der Waals surface area contributed by atoms with Gasteiger partial charge in [-0.15, -0.1) is 0 Å². The van der Waals surface area contributed by atoms with E-state index in [9.17, 15) is 8.42 Å². The molecule has 0 bridgehead atoms. The lowest BCUT2D eigenvalue weighted by Gasteiger charge is -2.09. The first kappa shape index (κ1) is 18.5. The van der Waals surface area contributed by atoms with Gasteiger partial charge in [0.1, 0.15) is 18.1 Å². The number of aromatic nitrogens is 4. The number of para-hydroxylation sites is 2. The molecule has 0 spiro atoms. The summed E-state index contributed by atoms with van der Waals surface area (Å²) in [6.45, 7) is 4.40. The first-order chi connectivity index (χ1) is 12.2. The summed E-state index contributed by atoms with van der Waals surface area (Å²) < 4.78 is 30.6. The predicted molar refractivity (Wildman–Crippen MR) is 98.1 cm³/mol. The second-order valence-electron chi connectivity index (χ2n) is 6.96. The van der Waals surface area contributed by atoms with Crippen molar-refractivity contribution in [3.8, 4) is 0 Å². The Kier molecular flexibility index (Phi) is 5.10. The fraction of sp³-hybridized carbons (Fsp3) is 0.471. The number of hydrogen-bond acceptors (Lipinski definition) is 7. The molecular weight excluding hydrogens is 354 g/mol. The Balaban J connectivity index is 1.93. The van der Waals surface area contributed by atoms with E-state index in [4.69, 9.17) is 10.3 Å². The van der Waals surface area contributed by atoms with Crippen molar-refractivity contribution in [3.63, 3.8) is 0 Å². The molecule has 0 amide bonds. The van der Waals surface area contributed by atoms with E-state index in [0.717, 1.165) is 17.5 Å². The largest absolute Gasteiger partial charge is 0.337 e. The normalized spacial score (nSPS) is 13.6. The second-order valence-corrected chi connectivity index (χ2v) is 9.10. The van der Waals surface area contributed by atoms with Gasteiger partial charge in [0, 0.05) is 6.26 Å². The molecular formula is C17H23N5O3S. The molecule has 1 aromatic carbocycles. The number of sulfone groups is 1. The smallest absolute Gasteiger partial charge is 0.246 e. The lowest BCUT2D eigenvalue weighted by Crippen LogP contribution is -2.15. The van der Waals surface area contributed by atoms with E-state index in [2.05, 4.69) is 29.0 Å². The molecule has 0 aliphatic rings. The van der Waals surface area contributed by atoms with Crippen molar-refractivity contribution in [1.82, 2.24) is 19.7 Å². The monoisotopic (exact) mass is 377 g/mol. The SMILES string of the molecule is CC(C)CC(N)c1noc(Cn2c(CS(C)(=O)=O)nc3ccccc32)n1. The number of rotatable bonds is 7. The maximum absolute atomic E-state index is 11.8. The van der Waals surface area contributed by atoms with Gasteiger partial charge in [0.15, 0.2) is 15.7 Å². The van der Waals surface area contributed by atoms with Crippen LogP contribution in [0, 0.1) is 5.92 Å². The Morgan fingerprint density at radius 3 is 2.65 bits per heavy atom. The molecule has 0 radical (unpaired) electrons. The summed E-state index contributed by atoms with van der Waals surface area (Å²) in [6, 6.07) is 7.18. The first-order valence-electron chi connectivity index (χ1n) is 8.43. The summed E-state index contributed by atoms with van der Waals surface area (Å²) in [4.78, 5) is 8.83. The Morgan fingerprint density at radius 1 is 1.23 bits per heavy atom. The van der Waals surface area contributed by atoms with E-state index in [-0.39, 0.29) is 18.3 Å². The summed E-state index contributed by atoms with van der Waals surface area (Å²) in [5.74, 6) is 1.54. The molecule has 9 heteroatoms. The van der Waals surface area contributed by atoms with Crippen molar-refractivity contribution >= 4 is 20.9 Å². The quantitative estimate of drug-likeness (QED) is 0.669. The van der Waals surface area contributed by atoms with Crippen molar-refractivity contribution in [1.29, 1.82) is 0 Å². The van der Waals surface area contributed by atoms with Crippen LogP contribution in [-0.2, 0) is 22.1 Å².